The quantitative estimate of drug-likeness (QED) is 0.403. The third-order valence-electron chi connectivity index (χ3n) is 6.84. The highest BCUT2D eigenvalue weighted by atomic mass is 32.1. The van der Waals surface area contributed by atoms with E-state index in [4.69, 9.17) is 4.37 Å². The van der Waals surface area contributed by atoms with Crippen LogP contribution in [0.15, 0.2) is 66.7 Å². The Labute approximate surface area is 205 Å². The van der Waals surface area contributed by atoms with Crippen LogP contribution in [0.3, 0.4) is 0 Å². The first kappa shape index (κ1) is 22.6. The van der Waals surface area contributed by atoms with Gasteiger partial charge in [-0.25, -0.2) is 0 Å². The maximum atomic E-state index is 13.0. The molecule has 1 aliphatic heterocycles. The van der Waals surface area contributed by atoms with Gasteiger partial charge >= 0.3 is 0 Å². The van der Waals surface area contributed by atoms with Gasteiger partial charge in [0.2, 0.25) is 0 Å². The lowest BCUT2D eigenvalue weighted by atomic mass is 10.0. The average Bonchev–Trinajstić information content (AvgIpc) is 3.30. The van der Waals surface area contributed by atoms with Gasteiger partial charge in [0.25, 0.3) is 5.91 Å². The van der Waals surface area contributed by atoms with Crippen molar-refractivity contribution >= 4 is 39.0 Å². The van der Waals surface area contributed by atoms with Crippen molar-refractivity contribution in [2.75, 3.05) is 42.9 Å². The van der Waals surface area contributed by atoms with Crippen molar-refractivity contribution in [2.45, 2.75) is 20.3 Å². The van der Waals surface area contributed by atoms with Crippen molar-refractivity contribution < 1.29 is 4.79 Å². The van der Waals surface area contributed by atoms with E-state index >= 15 is 0 Å². The number of hydrogen-bond donors (Lipinski definition) is 1. The van der Waals surface area contributed by atoms with E-state index in [-0.39, 0.29) is 5.91 Å². The van der Waals surface area contributed by atoms with Gasteiger partial charge in [-0.05, 0) is 72.8 Å². The standard InChI is InChI=1S/C28H30N4OS/c1-20-8-7-11-23(21(20)2)28(33)29-25-12-5-3-9-22(25)14-15-31-16-18-32(19-17-31)27-24-10-4-6-13-26(24)34-30-27/h3-13H,14-19H2,1-2H3,(H,29,33). The molecule has 174 valence electrons. The highest BCUT2D eigenvalue weighted by molar-refractivity contribution is 7.13. The van der Waals surface area contributed by atoms with Gasteiger partial charge in [-0.15, -0.1) is 0 Å². The van der Waals surface area contributed by atoms with Crippen molar-refractivity contribution in [3.8, 4) is 0 Å². The predicted octanol–water partition coefficient (Wildman–Crippen LogP) is 5.53. The minimum atomic E-state index is -0.0437. The molecule has 5 rings (SSSR count). The van der Waals surface area contributed by atoms with E-state index in [9.17, 15) is 4.79 Å². The summed E-state index contributed by atoms with van der Waals surface area (Å²) in [7, 11) is 0. The Balaban J connectivity index is 1.19. The number of para-hydroxylation sites is 1. The first-order valence-corrected chi connectivity index (χ1v) is 12.6. The molecule has 1 fully saturated rings. The number of rotatable bonds is 6. The summed E-state index contributed by atoms with van der Waals surface area (Å²) in [4.78, 5) is 17.9. The fourth-order valence-corrected chi connectivity index (χ4v) is 5.41. The number of hydrogen-bond acceptors (Lipinski definition) is 5. The molecule has 1 aliphatic rings. The van der Waals surface area contributed by atoms with Crippen LogP contribution in [-0.2, 0) is 6.42 Å². The maximum Gasteiger partial charge on any atom is 0.255 e. The first-order chi connectivity index (χ1) is 16.6. The van der Waals surface area contributed by atoms with Crippen molar-refractivity contribution in [3.05, 3.63) is 89.0 Å². The molecule has 0 saturated carbocycles. The molecular formula is C28H30N4OS. The van der Waals surface area contributed by atoms with E-state index in [1.165, 1.54) is 15.6 Å². The number of carbonyl (C=O) groups is 1. The molecule has 4 aromatic rings. The Kier molecular flexibility index (Phi) is 6.61. The van der Waals surface area contributed by atoms with Crippen LogP contribution in [0.5, 0.6) is 0 Å². The zero-order valence-corrected chi connectivity index (χ0v) is 20.6. The molecule has 0 spiro atoms. The van der Waals surface area contributed by atoms with E-state index in [2.05, 4.69) is 45.4 Å². The van der Waals surface area contributed by atoms with Crippen LogP contribution in [0.4, 0.5) is 11.5 Å². The Bertz CT molecular complexity index is 1310. The van der Waals surface area contributed by atoms with Crippen molar-refractivity contribution in [1.82, 2.24) is 9.27 Å². The minimum Gasteiger partial charge on any atom is -0.353 e. The number of anilines is 2. The van der Waals surface area contributed by atoms with Crippen LogP contribution in [0.2, 0.25) is 0 Å². The summed E-state index contributed by atoms with van der Waals surface area (Å²) in [6, 6.07) is 22.5. The number of fused-ring (bicyclic) bond motifs is 1. The highest BCUT2D eigenvalue weighted by Gasteiger charge is 2.21. The van der Waals surface area contributed by atoms with E-state index in [0.29, 0.717) is 0 Å². The summed E-state index contributed by atoms with van der Waals surface area (Å²) in [6.07, 6.45) is 0.906. The summed E-state index contributed by atoms with van der Waals surface area (Å²) < 4.78 is 5.97. The summed E-state index contributed by atoms with van der Waals surface area (Å²) in [5.74, 6) is 1.08. The summed E-state index contributed by atoms with van der Waals surface area (Å²) in [5, 5.41) is 4.41. The van der Waals surface area contributed by atoms with Crippen LogP contribution < -0.4 is 10.2 Å². The van der Waals surface area contributed by atoms with Crippen LogP contribution in [0, 0.1) is 13.8 Å². The summed E-state index contributed by atoms with van der Waals surface area (Å²) >= 11 is 1.58. The average molecular weight is 471 g/mol. The summed E-state index contributed by atoms with van der Waals surface area (Å²) in [5.41, 5.74) is 4.98. The fourth-order valence-electron chi connectivity index (χ4n) is 4.61. The number of piperazine rings is 1. The third-order valence-corrected chi connectivity index (χ3v) is 7.66. The molecule has 6 heteroatoms. The number of aryl methyl sites for hydroxylation is 1. The van der Waals surface area contributed by atoms with Gasteiger partial charge < -0.3 is 10.2 Å². The van der Waals surface area contributed by atoms with Crippen LogP contribution in [-0.4, -0.2) is 47.9 Å². The number of benzene rings is 3. The van der Waals surface area contributed by atoms with E-state index < -0.39 is 0 Å². The monoisotopic (exact) mass is 470 g/mol. The van der Waals surface area contributed by atoms with Gasteiger partial charge in [0.1, 0.15) is 5.82 Å². The second-order valence-electron chi connectivity index (χ2n) is 8.94. The third kappa shape index (κ3) is 4.69. The van der Waals surface area contributed by atoms with Crippen molar-refractivity contribution in [3.63, 3.8) is 0 Å². The Morgan fingerprint density at radius 2 is 1.71 bits per heavy atom. The van der Waals surface area contributed by atoms with Crippen molar-refractivity contribution in [2.24, 2.45) is 0 Å². The Hall–Kier alpha value is -3.22. The van der Waals surface area contributed by atoms with Crippen LogP contribution in [0.1, 0.15) is 27.0 Å². The molecule has 1 amide bonds. The zero-order chi connectivity index (χ0) is 23.5. The molecule has 5 nitrogen and oxygen atoms in total. The smallest absolute Gasteiger partial charge is 0.255 e. The number of amides is 1. The number of aromatic nitrogens is 1. The van der Waals surface area contributed by atoms with Gasteiger partial charge in [-0.1, -0.05) is 42.5 Å². The maximum absolute atomic E-state index is 13.0. The van der Waals surface area contributed by atoms with E-state index in [1.54, 1.807) is 11.5 Å². The van der Waals surface area contributed by atoms with Crippen LogP contribution >= 0.6 is 11.5 Å². The second-order valence-corrected chi connectivity index (χ2v) is 9.74. The Morgan fingerprint density at radius 1 is 0.941 bits per heavy atom. The summed E-state index contributed by atoms with van der Waals surface area (Å²) in [6.45, 7) is 9.02. The molecule has 1 aromatic heterocycles. The van der Waals surface area contributed by atoms with Crippen molar-refractivity contribution in [1.29, 1.82) is 0 Å². The molecule has 0 unspecified atom stereocenters. The molecule has 2 heterocycles. The van der Waals surface area contributed by atoms with Gasteiger partial charge in [-0.3, -0.25) is 9.69 Å². The van der Waals surface area contributed by atoms with Gasteiger partial charge in [0.05, 0.1) is 4.70 Å². The van der Waals surface area contributed by atoms with Gasteiger partial charge in [0, 0.05) is 49.4 Å². The molecule has 1 N–H and O–H groups in total. The number of nitrogens with one attached hydrogen (secondary N) is 1. The Morgan fingerprint density at radius 3 is 2.56 bits per heavy atom. The predicted molar refractivity (Wildman–Crippen MR) is 142 cm³/mol. The largest absolute Gasteiger partial charge is 0.353 e. The molecule has 0 aliphatic carbocycles. The molecule has 0 bridgehead atoms. The van der Waals surface area contributed by atoms with Gasteiger partial charge in [0.15, 0.2) is 0 Å². The zero-order valence-electron chi connectivity index (χ0n) is 19.8. The molecule has 34 heavy (non-hydrogen) atoms. The van der Waals surface area contributed by atoms with Crippen LogP contribution in [0.25, 0.3) is 10.1 Å². The molecule has 3 aromatic carbocycles. The SMILES string of the molecule is Cc1cccc(C(=O)Nc2ccccc2CCN2CCN(c3nsc4ccccc34)CC2)c1C. The minimum absolute atomic E-state index is 0.0437. The first-order valence-electron chi connectivity index (χ1n) is 11.9. The van der Waals surface area contributed by atoms with E-state index in [1.807, 2.05) is 50.2 Å². The lowest BCUT2D eigenvalue weighted by molar-refractivity contribution is 0.102. The molecular weight excluding hydrogens is 440 g/mol. The number of nitrogens with zero attached hydrogens (tertiary/aromatic N) is 3. The molecule has 1 saturated heterocycles. The highest BCUT2D eigenvalue weighted by Crippen LogP contribution is 2.30. The lowest BCUT2D eigenvalue weighted by Gasteiger charge is -2.35. The molecule has 0 radical (unpaired) electrons. The number of carbonyl (C=O) groups excluding carboxylic acids is 1. The lowest BCUT2D eigenvalue weighted by Crippen LogP contribution is -2.47. The fraction of sp³-hybridized carbons (Fsp3) is 0.286. The normalized spacial score (nSPS) is 14.5. The topological polar surface area (TPSA) is 48.5 Å². The van der Waals surface area contributed by atoms with E-state index in [0.717, 1.165) is 67.3 Å². The van der Waals surface area contributed by atoms with Gasteiger partial charge in [-0.2, -0.15) is 4.37 Å². The molecule has 0 atom stereocenters. The second kappa shape index (κ2) is 9.95.